The summed E-state index contributed by atoms with van der Waals surface area (Å²) >= 11 is 0. The predicted octanol–water partition coefficient (Wildman–Crippen LogP) is 6.51. The van der Waals surface area contributed by atoms with Gasteiger partial charge in [0.1, 0.15) is 0 Å². The van der Waals surface area contributed by atoms with Crippen molar-refractivity contribution in [2.45, 2.75) is 52.0 Å². The molecule has 8 nitrogen and oxygen atoms in total. The Labute approximate surface area is 257 Å². The Bertz CT molecular complexity index is 1700. The van der Waals surface area contributed by atoms with E-state index in [0.717, 1.165) is 44.4 Å². The summed E-state index contributed by atoms with van der Waals surface area (Å²) in [6, 6.07) is 32.4. The molecule has 0 bridgehead atoms. The highest BCUT2D eigenvalue weighted by atomic mass is 16.7. The molecule has 1 saturated heterocycles. The topological polar surface area (TPSA) is 97.6 Å². The minimum atomic E-state index is -0.560. The first kappa shape index (κ1) is 29.6. The second-order valence-electron chi connectivity index (χ2n) is 11.2. The fourth-order valence-electron chi connectivity index (χ4n) is 5.78. The molecule has 226 valence electrons. The van der Waals surface area contributed by atoms with Crippen LogP contribution in [-0.4, -0.2) is 33.3 Å². The SMILES string of the molecule is CCNC(=O)NCc1cccc(-c2ccc([C@@H]3O[C@H](Cn4cnc5ccccc54)[C@H](C)[C@H](c4ccc(CO)cc4)O3)cc2)c1. The van der Waals surface area contributed by atoms with Gasteiger partial charge in [-0.3, -0.25) is 0 Å². The number of para-hydroxylation sites is 2. The summed E-state index contributed by atoms with van der Waals surface area (Å²) in [6.45, 7) is 5.75. The van der Waals surface area contributed by atoms with Crippen LogP contribution in [-0.2, 0) is 29.2 Å². The van der Waals surface area contributed by atoms with Gasteiger partial charge >= 0.3 is 6.03 Å². The number of rotatable bonds is 9. The lowest BCUT2D eigenvalue weighted by molar-refractivity contribution is -0.276. The summed E-state index contributed by atoms with van der Waals surface area (Å²) in [6.07, 6.45) is 0.984. The second-order valence-corrected chi connectivity index (χ2v) is 11.2. The number of hydrogen-bond acceptors (Lipinski definition) is 5. The molecule has 0 aliphatic carbocycles. The van der Waals surface area contributed by atoms with Crippen LogP contribution in [0.15, 0.2) is 103 Å². The van der Waals surface area contributed by atoms with Gasteiger partial charge in [0, 0.05) is 24.6 Å². The van der Waals surface area contributed by atoms with E-state index >= 15 is 0 Å². The zero-order valence-electron chi connectivity index (χ0n) is 25.0. The summed E-state index contributed by atoms with van der Waals surface area (Å²) in [5.41, 5.74) is 8.04. The third kappa shape index (κ3) is 6.53. The number of benzene rings is 4. The molecule has 2 amide bonds. The fourth-order valence-corrected chi connectivity index (χ4v) is 5.78. The van der Waals surface area contributed by atoms with Gasteiger partial charge < -0.3 is 29.8 Å². The zero-order chi connectivity index (χ0) is 30.5. The van der Waals surface area contributed by atoms with Crippen molar-refractivity contribution in [1.82, 2.24) is 20.2 Å². The van der Waals surface area contributed by atoms with Crippen LogP contribution in [0.2, 0.25) is 0 Å². The van der Waals surface area contributed by atoms with E-state index < -0.39 is 6.29 Å². The Morgan fingerprint density at radius 1 is 0.864 bits per heavy atom. The van der Waals surface area contributed by atoms with Crippen LogP contribution in [0.3, 0.4) is 0 Å². The predicted molar refractivity (Wildman–Crippen MR) is 170 cm³/mol. The lowest BCUT2D eigenvalue weighted by Gasteiger charge is -2.41. The molecule has 8 heteroatoms. The molecule has 0 unspecified atom stereocenters. The number of hydrogen-bond donors (Lipinski definition) is 3. The second kappa shape index (κ2) is 13.4. The highest BCUT2D eigenvalue weighted by Gasteiger charge is 2.38. The quantitative estimate of drug-likeness (QED) is 0.182. The van der Waals surface area contributed by atoms with E-state index in [4.69, 9.17) is 9.47 Å². The number of nitrogens with zero attached hydrogens (tertiary/aromatic N) is 2. The Balaban J connectivity index is 1.24. The minimum Gasteiger partial charge on any atom is -0.392 e. The first-order valence-electron chi connectivity index (χ1n) is 15.1. The summed E-state index contributed by atoms with van der Waals surface area (Å²) < 4.78 is 15.5. The highest BCUT2D eigenvalue weighted by molar-refractivity contribution is 5.75. The number of carbonyl (C=O) groups excluding carboxylic acids is 1. The molecule has 44 heavy (non-hydrogen) atoms. The van der Waals surface area contributed by atoms with Gasteiger partial charge in [0.05, 0.1) is 42.7 Å². The van der Waals surface area contributed by atoms with Crippen LogP contribution in [0.25, 0.3) is 22.2 Å². The van der Waals surface area contributed by atoms with Gasteiger partial charge in [0.15, 0.2) is 6.29 Å². The van der Waals surface area contributed by atoms with Gasteiger partial charge in [0.25, 0.3) is 0 Å². The number of aliphatic hydroxyl groups excluding tert-OH is 1. The number of imidazole rings is 1. The summed E-state index contributed by atoms with van der Waals surface area (Å²) in [5.74, 6) is 0.0578. The average Bonchev–Trinajstić information content (AvgIpc) is 3.48. The number of urea groups is 1. The van der Waals surface area contributed by atoms with Crippen LogP contribution >= 0.6 is 0 Å². The molecule has 0 spiro atoms. The first-order valence-corrected chi connectivity index (χ1v) is 15.1. The molecular weight excluding hydrogens is 552 g/mol. The maximum absolute atomic E-state index is 11.8. The number of aromatic nitrogens is 2. The van der Waals surface area contributed by atoms with E-state index in [9.17, 15) is 9.90 Å². The molecule has 4 aromatic carbocycles. The monoisotopic (exact) mass is 590 g/mol. The molecule has 3 N–H and O–H groups in total. The van der Waals surface area contributed by atoms with Crippen molar-refractivity contribution in [1.29, 1.82) is 0 Å². The number of nitrogens with one attached hydrogen (secondary N) is 2. The molecule has 6 rings (SSSR count). The summed E-state index contributed by atoms with van der Waals surface area (Å²) in [5, 5.41) is 15.2. The molecule has 1 aromatic heterocycles. The van der Waals surface area contributed by atoms with Gasteiger partial charge in [-0.2, -0.15) is 0 Å². The van der Waals surface area contributed by atoms with Crippen LogP contribution in [0, 0.1) is 5.92 Å². The highest BCUT2D eigenvalue weighted by Crippen LogP contribution is 2.42. The number of fused-ring (bicyclic) bond motifs is 1. The van der Waals surface area contributed by atoms with Crippen LogP contribution in [0.1, 0.15) is 48.5 Å². The zero-order valence-corrected chi connectivity index (χ0v) is 25.0. The van der Waals surface area contributed by atoms with Crippen molar-refractivity contribution in [3.8, 4) is 11.1 Å². The van der Waals surface area contributed by atoms with E-state index in [1.165, 1.54) is 0 Å². The number of ether oxygens (including phenoxy) is 2. The van der Waals surface area contributed by atoms with E-state index in [2.05, 4.69) is 69.6 Å². The molecule has 0 radical (unpaired) electrons. The summed E-state index contributed by atoms with van der Waals surface area (Å²) in [4.78, 5) is 16.4. The maximum Gasteiger partial charge on any atom is 0.315 e. The molecule has 1 aliphatic rings. The van der Waals surface area contributed by atoms with Crippen molar-refractivity contribution in [2.24, 2.45) is 5.92 Å². The lowest BCUT2D eigenvalue weighted by atomic mass is 9.90. The fraction of sp³-hybridized carbons (Fsp3) is 0.278. The molecular formula is C36H38N4O4. The van der Waals surface area contributed by atoms with Gasteiger partial charge in [-0.15, -0.1) is 0 Å². The Morgan fingerprint density at radius 3 is 2.41 bits per heavy atom. The van der Waals surface area contributed by atoms with Crippen molar-refractivity contribution in [2.75, 3.05) is 6.54 Å². The van der Waals surface area contributed by atoms with Crippen molar-refractivity contribution in [3.63, 3.8) is 0 Å². The van der Waals surface area contributed by atoms with Gasteiger partial charge in [0.2, 0.25) is 0 Å². The summed E-state index contributed by atoms with van der Waals surface area (Å²) in [7, 11) is 0. The standard InChI is InChI=1S/C36H38N4O4/c1-3-37-36(42)38-20-26-7-6-8-30(19-26)27-15-17-29(18-16-27)35-43-33(21-40-23-39-31-9-4-5-10-32(31)40)24(2)34(44-35)28-13-11-25(22-41)12-14-28/h4-19,23-24,33-35,41H,3,20-22H2,1-2H3,(H2,37,38,42)/t24-,33+,34+,35+/m0/s1. The minimum absolute atomic E-state index is 0.00335. The maximum atomic E-state index is 11.8. The number of amides is 2. The largest absolute Gasteiger partial charge is 0.392 e. The van der Waals surface area contributed by atoms with E-state index in [1.807, 2.05) is 67.8 Å². The normalized spacial score (nSPS) is 20.0. The molecule has 0 saturated carbocycles. The Hall–Kier alpha value is -4.50. The third-order valence-electron chi connectivity index (χ3n) is 8.26. The van der Waals surface area contributed by atoms with Crippen molar-refractivity contribution in [3.05, 3.63) is 126 Å². The van der Waals surface area contributed by atoms with Crippen LogP contribution < -0.4 is 10.6 Å². The van der Waals surface area contributed by atoms with Crippen molar-refractivity contribution < 1.29 is 19.4 Å². The average molecular weight is 591 g/mol. The number of aliphatic hydroxyl groups is 1. The number of carbonyl (C=O) groups is 1. The third-order valence-corrected chi connectivity index (χ3v) is 8.26. The van der Waals surface area contributed by atoms with Gasteiger partial charge in [-0.25, -0.2) is 9.78 Å². The van der Waals surface area contributed by atoms with Crippen LogP contribution in [0.5, 0.6) is 0 Å². The van der Waals surface area contributed by atoms with Crippen molar-refractivity contribution >= 4 is 17.1 Å². The molecule has 2 heterocycles. The van der Waals surface area contributed by atoms with E-state index in [-0.39, 0.29) is 30.8 Å². The lowest BCUT2D eigenvalue weighted by Crippen LogP contribution is -2.39. The molecule has 1 aliphatic heterocycles. The molecule has 4 atom stereocenters. The van der Waals surface area contributed by atoms with E-state index in [0.29, 0.717) is 19.6 Å². The van der Waals surface area contributed by atoms with Crippen LogP contribution in [0.4, 0.5) is 4.79 Å². The smallest absolute Gasteiger partial charge is 0.315 e. The first-order chi connectivity index (χ1) is 21.5. The van der Waals surface area contributed by atoms with Gasteiger partial charge in [-0.05, 0) is 52.9 Å². The molecule has 1 fully saturated rings. The van der Waals surface area contributed by atoms with Gasteiger partial charge in [-0.1, -0.05) is 85.8 Å². The Kier molecular flexibility index (Phi) is 9.02. The molecule has 5 aromatic rings. The van der Waals surface area contributed by atoms with E-state index in [1.54, 1.807) is 0 Å². The Morgan fingerprint density at radius 2 is 1.64 bits per heavy atom.